The van der Waals surface area contributed by atoms with Crippen LogP contribution in [-0.4, -0.2) is 29.5 Å². The Kier molecular flexibility index (Phi) is 5.25. The molecule has 0 fully saturated rings. The molecule has 0 aliphatic heterocycles. The highest BCUT2D eigenvalue weighted by molar-refractivity contribution is 5.39. The van der Waals surface area contributed by atoms with E-state index in [-0.39, 0.29) is 17.9 Å². The monoisotopic (exact) mass is 239 g/mol. The van der Waals surface area contributed by atoms with Gasteiger partial charge >= 0.3 is 0 Å². The maximum Gasteiger partial charge on any atom is 0.123 e. The first-order valence-electron chi connectivity index (χ1n) is 5.80. The van der Waals surface area contributed by atoms with Crippen LogP contribution in [0, 0.1) is 0 Å². The van der Waals surface area contributed by atoms with E-state index < -0.39 is 0 Å². The topological polar surface area (TPSA) is 61.7 Å². The average molecular weight is 239 g/mol. The third kappa shape index (κ3) is 4.63. The van der Waals surface area contributed by atoms with Gasteiger partial charge in [0.15, 0.2) is 0 Å². The number of hydrogen-bond donors (Lipinski definition) is 3. The van der Waals surface area contributed by atoms with Crippen LogP contribution in [0.3, 0.4) is 0 Å². The number of aliphatic hydroxyl groups excluding tert-OH is 1. The van der Waals surface area contributed by atoms with Gasteiger partial charge in [0.25, 0.3) is 0 Å². The van der Waals surface area contributed by atoms with E-state index in [9.17, 15) is 10.2 Å². The second kappa shape index (κ2) is 6.47. The van der Waals surface area contributed by atoms with E-state index in [1.165, 1.54) is 0 Å². The van der Waals surface area contributed by atoms with Crippen molar-refractivity contribution in [2.45, 2.75) is 39.0 Å². The summed E-state index contributed by atoms with van der Waals surface area (Å²) in [7, 11) is 1.57. The molecule has 0 aliphatic rings. The summed E-state index contributed by atoms with van der Waals surface area (Å²) in [6, 6.07) is 5.44. The molecule has 0 radical (unpaired) electrons. The van der Waals surface area contributed by atoms with Crippen molar-refractivity contribution < 1.29 is 14.9 Å². The fraction of sp³-hybridized carbons (Fsp3) is 0.538. The van der Waals surface area contributed by atoms with Gasteiger partial charge in [0.1, 0.15) is 11.5 Å². The summed E-state index contributed by atoms with van der Waals surface area (Å²) < 4.78 is 5.01. The first-order chi connectivity index (χ1) is 8.02. The summed E-state index contributed by atoms with van der Waals surface area (Å²) in [5, 5.41) is 22.2. The zero-order valence-electron chi connectivity index (χ0n) is 10.6. The Morgan fingerprint density at radius 2 is 2.06 bits per heavy atom. The minimum absolute atomic E-state index is 0.205. The molecule has 2 unspecified atom stereocenters. The predicted molar refractivity (Wildman–Crippen MR) is 67.3 cm³/mol. The number of aromatic hydroxyl groups is 1. The number of nitrogens with one attached hydrogen (secondary N) is 1. The van der Waals surface area contributed by atoms with Crippen LogP contribution in [0.2, 0.25) is 0 Å². The van der Waals surface area contributed by atoms with Gasteiger partial charge in [-0.25, -0.2) is 0 Å². The molecule has 0 aliphatic carbocycles. The lowest BCUT2D eigenvalue weighted by atomic mass is 10.1. The van der Waals surface area contributed by atoms with E-state index in [4.69, 9.17) is 4.74 Å². The number of rotatable bonds is 6. The molecule has 0 saturated heterocycles. The van der Waals surface area contributed by atoms with Crippen LogP contribution in [0.25, 0.3) is 0 Å². The van der Waals surface area contributed by atoms with Crippen molar-refractivity contribution in [3.63, 3.8) is 0 Å². The molecule has 96 valence electrons. The third-order valence-electron chi connectivity index (χ3n) is 2.63. The normalized spacial score (nSPS) is 14.4. The molecule has 0 amide bonds. The van der Waals surface area contributed by atoms with Gasteiger partial charge in [-0.3, -0.25) is 0 Å². The van der Waals surface area contributed by atoms with Gasteiger partial charge < -0.3 is 20.3 Å². The smallest absolute Gasteiger partial charge is 0.123 e. The molecule has 1 aromatic rings. The number of phenolic OH excluding ortho intramolecular Hbond substituents is 1. The second-order valence-corrected chi connectivity index (χ2v) is 4.36. The van der Waals surface area contributed by atoms with Crippen LogP contribution in [-0.2, 0) is 6.54 Å². The molecular formula is C13H21NO3. The molecule has 2 atom stereocenters. The lowest BCUT2D eigenvalue weighted by Gasteiger charge is -2.16. The van der Waals surface area contributed by atoms with E-state index in [1.807, 2.05) is 19.1 Å². The van der Waals surface area contributed by atoms with E-state index >= 15 is 0 Å². The number of benzene rings is 1. The molecular weight excluding hydrogens is 218 g/mol. The summed E-state index contributed by atoms with van der Waals surface area (Å²) >= 11 is 0. The first kappa shape index (κ1) is 13.8. The van der Waals surface area contributed by atoms with Gasteiger partial charge in [0.05, 0.1) is 13.2 Å². The number of aliphatic hydroxyl groups is 1. The summed E-state index contributed by atoms with van der Waals surface area (Å²) in [6.45, 7) is 4.35. The standard InChI is InChI=1S/C13H21NO3/c1-9(6-10(2)15)14-8-11-4-5-12(17-3)7-13(11)16/h4-5,7,9-10,14-16H,6,8H2,1-3H3. The highest BCUT2D eigenvalue weighted by Gasteiger charge is 2.07. The summed E-state index contributed by atoms with van der Waals surface area (Å²) in [5.74, 6) is 0.865. The van der Waals surface area contributed by atoms with Crippen molar-refractivity contribution in [2.24, 2.45) is 0 Å². The lowest BCUT2D eigenvalue weighted by Crippen LogP contribution is -2.28. The van der Waals surface area contributed by atoms with Gasteiger partial charge in [0, 0.05) is 24.2 Å². The van der Waals surface area contributed by atoms with Crippen LogP contribution in [0.5, 0.6) is 11.5 Å². The molecule has 0 spiro atoms. The summed E-state index contributed by atoms with van der Waals surface area (Å²) in [6.07, 6.45) is 0.374. The van der Waals surface area contributed by atoms with Crippen molar-refractivity contribution in [2.75, 3.05) is 7.11 Å². The quantitative estimate of drug-likeness (QED) is 0.706. The van der Waals surface area contributed by atoms with Crippen LogP contribution < -0.4 is 10.1 Å². The summed E-state index contributed by atoms with van der Waals surface area (Å²) in [4.78, 5) is 0. The number of phenols is 1. The zero-order chi connectivity index (χ0) is 12.8. The molecule has 4 nitrogen and oxygen atoms in total. The molecule has 4 heteroatoms. The van der Waals surface area contributed by atoms with Gasteiger partial charge in [-0.15, -0.1) is 0 Å². The fourth-order valence-electron chi connectivity index (χ4n) is 1.70. The lowest BCUT2D eigenvalue weighted by molar-refractivity contribution is 0.170. The number of methoxy groups -OCH3 is 1. The summed E-state index contributed by atoms with van der Waals surface area (Å²) in [5.41, 5.74) is 0.822. The maximum absolute atomic E-state index is 9.75. The first-order valence-corrected chi connectivity index (χ1v) is 5.80. The predicted octanol–water partition coefficient (Wildman–Crippen LogP) is 1.65. The van der Waals surface area contributed by atoms with Crippen LogP contribution in [0.15, 0.2) is 18.2 Å². The minimum atomic E-state index is -0.318. The van der Waals surface area contributed by atoms with E-state index in [2.05, 4.69) is 5.32 Å². The Bertz CT molecular complexity index is 353. The Balaban J connectivity index is 2.51. The molecule has 0 heterocycles. The van der Waals surface area contributed by atoms with Crippen LogP contribution in [0.1, 0.15) is 25.8 Å². The zero-order valence-corrected chi connectivity index (χ0v) is 10.6. The van der Waals surface area contributed by atoms with E-state index in [0.29, 0.717) is 18.7 Å². The molecule has 3 N–H and O–H groups in total. The van der Waals surface area contributed by atoms with Gasteiger partial charge in [-0.2, -0.15) is 0 Å². The van der Waals surface area contributed by atoms with E-state index in [0.717, 1.165) is 5.56 Å². The van der Waals surface area contributed by atoms with Crippen molar-refractivity contribution in [3.8, 4) is 11.5 Å². The molecule has 1 aromatic carbocycles. The third-order valence-corrected chi connectivity index (χ3v) is 2.63. The Morgan fingerprint density at radius 3 is 2.59 bits per heavy atom. The van der Waals surface area contributed by atoms with Crippen molar-refractivity contribution in [1.82, 2.24) is 5.32 Å². The Morgan fingerprint density at radius 1 is 1.35 bits per heavy atom. The van der Waals surface area contributed by atoms with E-state index in [1.54, 1.807) is 20.1 Å². The fourth-order valence-corrected chi connectivity index (χ4v) is 1.70. The van der Waals surface area contributed by atoms with Crippen molar-refractivity contribution in [3.05, 3.63) is 23.8 Å². The Labute approximate surface area is 102 Å². The minimum Gasteiger partial charge on any atom is -0.507 e. The SMILES string of the molecule is COc1ccc(CNC(C)CC(C)O)c(O)c1. The van der Waals surface area contributed by atoms with Crippen LogP contribution in [0.4, 0.5) is 0 Å². The van der Waals surface area contributed by atoms with Crippen molar-refractivity contribution >= 4 is 0 Å². The Hall–Kier alpha value is -1.26. The van der Waals surface area contributed by atoms with Gasteiger partial charge in [0.2, 0.25) is 0 Å². The highest BCUT2D eigenvalue weighted by atomic mass is 16.5. The molecule has 17 heavy (non-hydrogen) atoms. The number of hydrogen-bond acceptors (Lipinski definition) is 4. The van der Waals surface area contributed by atoms with Crippen molar-refractivity contribution in [1.29, 1.82) is 0 Å². The molecule has 1 rings (SSSR count). The molecule has 0 saturated carbocycles. The number of ether oxygens (including phenoxy) is 1. The van der Waals surface area contributed by atoms with Crippen LogP contribution >= 0.6 is 0 Å². The highest BCUT2D eigenvalue weighted by Crippen LogP contribution is 2.23. The van der Waals surface area contributed by atoms with Gasteiger partial charge in [-0.05, 0) is 26.3 Å². The maximum atomic E-state index is 9.75. The second-order valence-electron chi connectivity index (χ2n) is 4.36. The molecule has 0 aromatic heterocycles. The molecule has 0 bridgehead atoms. The average Bonchev–Trinajstić information content (AvgIpc) is 2.26. The largest absolute Gasteiger partial charge is 0.507 e. The van der Waals surface area contributed by atoms with Gasteiger partial charge in [-0.1, -0.05) is 6.07 Å².